The SMILES string of the molecule is Cc1cc2oc(=O)cc(CSC(N)=Nc3ccc(Cl)cc3)c2cc1C. The van der Waals surface area contributed by atoms with E-state index in [9.17, 15) is 4.79 Å². The fourth-order valence-electron chi connectivity index (χ4n) is 2.43. The second kappa shape index (κ2) is 7.33. The number of amidine groups is 1. The number of fused-ring (bicyclic) bond motifs is 1. The van der Waals surface area contributed by atoms with Crippen LogP contribution in [0.5, 0.6) is 0 Å². The van der Waals surface area contributed by atoms with Gasteiger partial charge < -0.3 is 10.2 Å². The highest BCUT2D eigenvalue weighted by atomic mass is 35.5. The highest BCUT2D eigenvalue weighted by molar-refractivity contribution is 8.13. The van der Waals surface area contributed by atoms with E-state index in [0.29, 0.717) is 21.5 Å². The topological polar surface area (TPSA) is 68.6 Å². The molecular formula is C19H17ClN2O2S. The molecule has 0 aliphatic rings. The number of hydrogen-bond donors (Lipinski definition) is 1. The molecule has 2 aromatic carbocycles. The minimum absolute atomic E-state index is 0.362. The molecule has 0 saturated carbocycles. The fraction of sp³-hybridized carbons (Fsp3) is 0.158. The van der Waals surface area contributed by atoms with Crippen LogP contribution < -0.4 is 11.4 Å². The van der Waals surface area contributed by atoms with Crippen molar-refractivity contribution in [2.75, 3.05) is 0 Å². The Kier molecular flexibility index (Phi) is 5.16. The van der Waals surface area contributed by atoms with E-state index in [4.69, 9.17) is 21.8 Å². The van der Waals surface area contributed by atoms with Gasteiger partial charge in [-0.15, -0.1) is 0 Å². The molecule has 3 aromatic rings. The maximum atomic E-state index is 11.8. The number of rotatable bonds is 3. The Bertz CT molecular complexity index is 1010. The molecule has 0 aliphatic carbocycles. The van der Waals surface area contributed by atoms with Gasteiger partial charge in [0.05, 0.1) is 5.69 Å². The van der Waals surface area contributed by atoms with Crippen molar-refractivity contribution >= 4 is 45.2 Å². The lowest BCUT2D eigenvalue weighted by Crippen LogP contribution is -2.07. The predicted octanol–water partition coefficient (Wildman–Crippen LogP) is 4.94. The molecule has 128 valence electrons. The summed E-state index contributed by atoms with van der Waals surface area (Å²) in [6.07, 6.45) is 0. The summed E-state index contributed by atoms with van der Waals surface area (Å²) in [4.78, 5) is 16.2. The monoisotopic (exact) mass is 372 g/mol. The van der Waals surface area contributed by atoms with Crippen LogP contribution in [0.15, 0.2) is 56.7 Å². The summed E-state index contributed by atoms with van der Waals surface area (Å²) in [5, 5.41) is 2.00. The lowest BCUT2D eigenvalue weighted by Gasteiger charge is -2.08. The molecule has 0 radical (unpaired) electrons. The Labute approximate surface area is 154 Å². The Morgan fingerprint density at radius 1 is 1.16 bits per heavy atom. The van der Waals surface area contributed by atoms with Gasteiger partial charge in [-0.3, -0.25) is 0 Å². The third-order valence-corrected chi connectivity index (χ3v) is 4.98. The van der Waals surface area contributed by atoms with Crippen molar-refractivity contribution in [1.82, 2.24) is 0 Å². The van der Waals surface area contributed by atoms with Gasteiger partial charge in [-0.1, -0.05) is 23.4 Å². The molecule has 0 fully saturated rings. The summed E-state index contributed by atoms with van der Waals surface area (Å²) in [6, 6.07) is 12.6. The molecule has 0 amide bonds. The Morgan fingerprint density at radius 2 is 1.84 bits per heavy atom. The van der Waals surface area contributed by atoms with E-state index in [1.807, 2.05) is 26.0 Å². The van der Waals surface area contributed by atoms with E-state index in [1.54, 1.807) is 24.3 Å². The average molecular weight is 373 g/mol. The maximum absolute atomic E-state index is 11.8. The zero-order chi connectivity index (χ0) is 18.0. The van der Waals surface area contributed by atoms with Gasteiger partial charge in [0.2, 0.25) is 0 Å². The van der Waals surface area contributed by atoms with E-state index in [0.717, 1.165) is 27.8 Å². The minimum Gasteiger partial charge on any atom is -0.423 e. The van der Waals surface area contributed by atoms with Gasteiger partial charge in [-0.2, -0.15) is 0 Å². The van der Waals surface area contributed by atoms with Crippen LogP contribution in [-0.4, -0.2) is 5.17 Å². The molecule has 3 rings (SSSR count). The second-order valence-electron chi connectivity index (χ2n) is 5.74. The third kappa shape index (κ3) is 4.24. The average Bonchev–Trinajstić information content (AvgIpc) is 2.56. The molecule has 4 nitrogen and oxygen atoms in total. The van der Waals surface area contributed by atoms with Gasteiger partial charge in [0.25, 0.3) is 0 Å². The Morgan fingerprint density at radius 3 is 2.56 bits per heavy atom. The summed E-state index contributed by atoms with van der Waals surface area (Å²) in [7, 11) is 0. The first-order chi connectivity index (χ1) is 11.9. The van der Waals surface area contributed by atoms with Gasteiger partial charge >= 0.3 is 5.63 Å². The van der Waals surface area contributed by atoms with Crippen LogP contribution in [0.4, 0.5) is 5.69 Å². The van der Waals surface area contributed by atoms with Crippen LogP contribution in [0.1, 0.15) is 16.7 Å². The molecular weight excluding hydrogens is 356 g/mol. The first kappa shape index (κ1) is 17.6. The lowest BCUT2D eigenvalue weighted by atomic mass is 10.0. The quantitative estimate of drug-likeness (QED) is 0.401. The van der Waals surface area contributed by atoms with E-state index in [1.165, 1.54) is 17.8 Å². The van der Waals surface area contributed by atoms with Crippen LogP contribution in [0.2, 0.25) is 5.02 Å². The molecule has 0 atom stereocenters. The standard InChI is InChI=1S/C19H17ClN2O2S/c1-11-7-16-13(9-18(23)24-17(16)8-12(11)2)10-25-19(21)22-15-5-3-14(20)4-6-15/h3-9H,10H2,1-2H3,(H2,21,22). The molecule has 1 heterocycles. The van der Waals surface area contributed by atoms with Crippen LogP contribution in [0.3, 0.4) is 0 Å². The van der Waals surface area contributed by atoms with Crippen molar-refractivity contribution in [3.05, 3.63) is 74.6 Å². The summed E-state index contributed by atoms with van der Waals surface area (Å²) >= 11 is 7.24. The molecule has 0 aliphatic heterocycles. The number of benzene rings is 2. The highest BCUT2D eigenvalue weighted by Crippen LogP contribution is 2.25. The molecule has 2 N–H and O–H groups in total. The van der Waals surface area contributed by atoms with Crippen LogP contribution in [-0.2, 0) is 5.75 Å². The summed E-state index contributed by atoms with van der Waals surface area (Å²) < 4.78 is 5.31. The van der Waals surface area contributed by atoms with Crippen molar-refractivity contribution in [1.29, 1.82) is 0 Å². The zero-order valence-electron chi connectivity index (χ0n) is 13.9. The van der Waals surface area contributed by atoms with E-state index >= 15 is 0 Å². The summed E-state index contributed by atoms with van der Waals surface area (Å²) in [5.74, 6) is 0.535. The summed E-state index contributed by atoms with van der Waals surface area (Å²) in [5.41, 5.74) is 10.1. The number of nitrogens with two attached hydrogens (primary N) is 1. The number of thioether (sulfide) groups is 1. The highest BCUT2D eigenvalue weighted by Gasteiger charge is 2.09. The van der Waals surface area contributed by atoms with Crippen molar-refractivity contribution in [2.24, 2.45) is 10.7 Å². The van der Waals surface area contributed by atoms with Crippen LogP contribution in [0, 0.1) is 13.8 Å². The maximum Gasteiger partial charge on any atom is 0.336 e. The van der Waals surface area contributed by atoms with Gasteiger partial charge in [0.1, 0.15) is 5.58 Å². The van der Waals surface area contributed by atoms with Crippen molar-refractivity contribution in [3.63, 3.8) is 0 Å². The van der Waals surface area contributed by atoms with Crippen LogP contribution in [0.25, 0.3) is 11.0 Å². The number of hydrogen-bond acceptors (Lipinski definition) is 4. The number of halogens is 1. The number of aliphatic imine (C=N–C) groups is 1. The largest absolute Gasteiger partial charge is 0.423 e. The lowest BCUT2D eigenvalue weighted by molar-refractivity contribution is 0.559. The molecule has 25 heavy (non-hydrogen) atoms. The molecule has 0 spiro atoms. The Hall–Kier alpha value is -2.24. The minimum atomic E-state index is -0.362. The third-order valence-electron chi connectivity index (χ3n) is 3.89. The second-order valence-corrected chi connectivity index (χ2v) is 7.17. The van der Waals surface area contributed by atoms with Crippen molar-refractivity contribution < 1.29 is 4.42 Å². The summed E-state index contributed by atoms with van der Waals surface area (Å²) in [6.45, 7) is 4.03. The van der Waals surface area contributed by atoms with Crippen LogP contribution >= 0.6 is 23.4 Å². The fourth-order valence-corrected chi connectivity index (χ4v) is 3.27. The molecule has 1 aromatic heterocycles. The normalized spacial score (nSPS) is 11.9. The first-order valence-electron chi connectivity index (χ1n) is 7.69. The van der Waals surface area contributed by atoms with Gasteiger partial charge in [0.15, 0.2) is 5.17 Å². The molecule has 0 unspecified atom stereocenters. The predicted molar refractivity (Wildman–Crippen MR) is 106 cm³/mol. The zero-order valence-corrected chi connectivity index (χ0v) is 15.4. The van der Waals surface area contributed by atoms with Gasteiger partial charge in [0, 0.05) is 22.2 Å². The van der Waals surface area contributed by atoms with E-state index < -0.39 is 0 Å². The van der Waals surface area contributed by atoms with Gasteiger partial charge in [-0.25, -0.2) is 9.79 Å². The number of nitrogens with zero attached hydrogens (tertiary/aromatic N) is 1. The number of aryl methyl sites for hydroxylation is 2. The smallest absolute Gasteiger partial charge is 0.336 e. The Balaban J connectivity index is 1.86. The van der Waals surface area contributed by atoms with E-state index in [2.05, 4.69) is 4.99 Å². The van der Waals surface area contributed by atoms with Crippen molar-refractivity contribution in [2.45, 2.75) is 19.6 Å². The van der Waals surface area contributed by atoms with Crippen molar-refractivity contribution in [3.8, 4) is 0 Å². The molecule has 0 saturated heterocycles. The van der Waals surface area contributed by atoms with Gasteiger partial charge in [-0.05, 0) is 66.9 Å². The van der Waals surface area contributed by atoms with E-state index in [-0.39, 0.29) is 5.63 Å². The molecule has 0 bridgehead atoms. The molecule has 6 heteroatoms. The first-order valence-corrected chi connectivity index (χ1v) is 9.05.